The van der Waals surface area contributed by atoms with E-state index >= 15 is 0 Å². The second-order valence-electron chi connectivity index (χ2n) is 4.69. The van der Waals surface area contributed by atoms with Crippen LogP contribution in [0.2, 0.25) is 5.02 Å². The van der Waals surface area contributed by atoms with Crippen molar-refractivity contribution in [1.29, 1.82) is 0 Å². The summed E-state index contributed by atoms with van der Waals surface area (Å²) in [6, 6.07) is 10.8. The van der Waals surface area contributed by atoms with Crippen LogP contribution in [0.3, 0.4) is 0 Å². The van der Waals surface area contributed by atoms with Crippen LogP contribution >= 0.6 is 11.6 Å². The maximum Gasteiger partial charge on any atom is 0.189 e. The van der Waals surface area contributed by atoms with Crippen molar-refractivity contribution in [2.75, 3.05) is 11.5 Å². The fraction of sp³-hybridized carbons (Fsp3) is 0.0714. The third kappa shape index (κ3) is 2.41. The number of benzene rings is 2. The molecule has 2 aromatic carbocycles. The molecule has 4 N–H and O–H groups in total. The highest BCUT2D eigenvalue weighted by Crippen LogP contribution is 2.28. The van der Waals surface area contributed by atoms with Gasteiger partial charge in [0, 0.05) is 22.0 Å². The van der Waals surface area contributed by atoms with Gasteiger partial charge in [-0.15, -0.1) is 5.10 Å². The van der Waals surface area contributed by atoms with Crippen molar-refractivity contribution in [1.82, 2.24) is 20.2 Å². The number of tetrazole rings is 1. The van der Waals surface area contributed by atoms with Crippen LogP contribution in [-0.2, 0) is 0 Å². The summed E-state index contributed by atoms with van der Waals surface area (Å²) in [6.07, 6.45) is 0. The maximum atomic E-state index is 6.01. The number of nitrogen functional groups attached to an aromatic ring is 2. The zero-order chi connectivity index (χ0) is 15.0. The molecule has 0 spiro atoms. The molecule has 0 atom stereocenters. The Hall–Kier alpha value is -2.60. The molecule has 0 aliphatic heterocycles. The number of halogens is 1. The van der Waals surface area contributed by atoms with Crippen molar-refractivity contribution in [2.45, 2.75) is 6.92 Å². The molecule has 0 bridgehead atoms. The number of hydrogen-bond acceptors (Lipinski definition) is 5. The summed E-state index contributed by atoms with van der Waals surface area (Å²) >= 11 is 5.98. The highest BCUT2D eigenvalue weighted by atomic mass is 35.5. The first-order chi connectivity index (χ1) is 10.1. The minimum atomic E-state index is 0.526. The SMILES string of the molecule is Cc1cc(Cl)ccc1-n1nnnc1-c1ccc(N)cc1N. The molecule has 106 valence electrons. The Labute approximate surface area is 126 Å². The van der Waals surface area contributed by atoms with Gasteiger partial charge < -0.3 is 11.5 Å². The van der Waals surface area contributed by atoms with Crippen molar-refractivity contribution in [3.8, 4) is 17.1 Å². The van der Waals surface area contributed by atoms with E-state index in [0.29, 0.717) is 22.2 Å². The summed E-state index contributed by atoms with van der Waals surface area (Å²) < 4.78 is 1.63. The molecule has 0 unspecified atom stereocenters. The lowest BCUT2D eigenvalue weighted by atomic mass is 10.1. The molecule has 3 aromatic rings. The molecule has 0 saturated heterocycles. The van der Waals surface area contributed by atoms with Gasteiger partial charge in [0.15, 0.2) is 5.82 Å². The monoisotopic (exact) mass is 300 g/mol. The summed E-state index contributed by atoms with van der Waals surface area (Å²) in [5.74, 6) is 0.554. The van der Waals surface area contributed by atoms with E-state index in [1.165, 1.54) is 0 Å². The summed E-state index contributed by atoms with van der Waals surface area (Å²) in [6.45, 7) is 1.94. The first-order valence-corrected chi connectivity index (χ1v) is 6.64. The van der Waals surface area contributed by atoms with Gasteiger partial charge in [0.05, 0.1) is 5.69 Å². The number of nitrogens with two attached hydrogens (primary N) is 2. The van der Waals surface area contributed by atoms with E-state index in [-0.39, 0.29) is 0 Å². The minimum Gasteiger partial charge on any atom is -0.399 e. The molecular weight excluding hydrogens is 288 g/mol. The smallest absolute Gasteiger partial charge is 0.189 e. The molecular formula is C14H13ClN6. The van der Waals surface area contributed by atoms with E-state index in [2.05, 4.69) is 15.5 Å². The largest absolute Gasteiger partial charge is 0.399 e. The van der Waals surface area contributed by atoms with Crippen LogP contribution in [0.1, 0.15) is 5.56 Å². The Morgan fingerprint density at radius 2 is 1.90 bits per heavy atom. The van der Waals surface area contributed by atoms with E-state index in [1.54, 1.807) is 28.9 Å². The molecule has 0 radical (unpaired) electrons. The van der Waals surface area contributed by atoms with E-state index in [9.17, 15) is 0 Å². The molecule has 0 aliphatic carbocycles. The summed E-state index contributed by atoms with van der Waals surface area (Å²) in [5.41, 5.74) is 15.4. The minimum absolute atomic E-state index is 0.526. The number of hydrogen-bond donors (Lipinski definition) is 2. The molecule has 0 aliphatic rings. The van der Waals surface area contributed by atoms with Crippen LogP contribution in [0.4, 0.5) is 11.4 Å². The quantitative estimate of drug-likeness (QED) is 0.709. The number of anilines is 2. The fourth-order valence-corrected chi connectivity index (χ4v) is 2.39. The zero-order valence-corrected chi connectivity index (χ0v) is 12.0. The highest BCUT2D eigenvalue weighted by Gasteiger charge is 2.15. The number of nitrogens with zero attached hydrogens (tertiary/aromatic N) is 4. The predicted molar refractivity (Wildman–Crippen MR) is 83.2 cm³/mol. The lowest BCUT2D eigenvalue weighted by Gasteiger charge is -2.10. The Balaban J connectivity index is 2.17. The van der Waals surface area contributed by atoms with Gasteiger partial charge in [-0.3, -0.25) is 0 Å². The van der Waals surface area contributed by atoms with Crippen LogP contribution in [0.5, 0.6) is 0 Å². The van der Waals surface area contributed by atoms with E-state index in [0.717, 1.165) is 16.8 Å². The Morgan fingerprint density at radius 1 is 1.10 bits per heavy atom. The normalized spacial score (nSPS) is 10.8. The molecule has 1 heterocycles. The van der Waals surface area contributed by atoms with Gasteiger partial charge in [-0.2, -0.15) is 4.68 Å². The van der Waals surface area contributed by atoms with Crippen LogP contribution in [0.15, 0.2) is 36.4 Å². The van der Waals surface area contributed by atoms with Gasteiger partial charge in [0.2, 0.25) is 0 Å². The number of aromatic nitrogens is 4. The molecule has 0 fully saturated rings. The van der Waals surface area contributed by atoms with Gasteiger partial charge >= 0.3 is 0 Å². The van der Waals surface area contributed by atoms with Gasteiger partial charge in [0.25, 0.3) is 0 Å². The van der Waals surface area contributed by atoms with Crippen molar-refractivity contribution in [3.63, 3.8) is 0 Å². The number of rotatable bonds is 2. The molecule has 3 rings (SSSR count). The van der Waals surface area contributed by atoms with Crippen molar-refractivity contribution >= 4 is 23.0 Å². The molecule has 7 heteroatoms. The Kier molecular flexibility index (Phi) is 3.23. The maximum absolute atomic E-state index is 6.01. The molecule has 21 heavy (non-hydrogen) atoms. The van der Waals surface area contributed by atoms with Crippen LogP contribution in [-0.4, -0.2) is 20.2 Å². The van der Waals surface area contributed by atoms with E-state index < -0.39 is 0 Å². The molecule has 0 amide bonds. The first-order valence-electron chi connectivity index (χ1n) is 6.26. The number of aryl methyl sites for hydroxylation is 1. The Bertz CT molecular complexity index is 745. The lowest BCUT2D eigenvalue weighted by Crippen LogP contribution is -2.04. The lowest BCUT2D eigenvalue weighted by molar-refractivity contribution is 0.787. The van der Waals surface area contributed by atoms with E-state index in [1.807, 2.05) is 19.1 Å². The van der Waals surface area contributed by atoms with Gasteiger partial charge in [0.1, 0.15) is 0 Å². The van der Waals surface area contributed by atoms with Crippen molar-refractivity contribution < 1.29 is 0 Å². The average molecular weight is 301 g/mol. The second-order valence-corrected chi connectivity index (χ2v) is 5.13. The first kappa shape index (κ1) is 13.4. The third-order valence-corrected chi connectivity index (χ3v) is 3.41. The van der Waals surface area contributed by atoms with Crippen LogP contribution in [0, 0.1) is 6.92 Å². The molecule has 0 saturated carbocycles. The zero-order valence-electron chi connectivity index (χ0n) is 11.3. The summed E-state index contributed by atoms with van der Waals surface area (Å²) in [5, 5.41) is 12.5. The third-order valence-electron chi connectivity index (χ3n) is 3.17. The average Bonchev–Trinajstić information content (AvgIpc) is 2.87. The Morgan fingerprint density at radius 3 is 2.62 bits per heavy atom. The van der Waals surface area contributed by atoms with Crippen LogP contribution < -0.4 is 11.5 Å². The standard InChI is InChI=1S/C14H13ClN6/c1-8-6-9(15)2-5-13(8)21-14(18-19-20-21)11-4-3-10(16)7-12(11)17/h2-7H,16-17H2,1H3. The topological polar surface area (TPSA) is 95.6 Å². The van der Waals surface area contributed by atoms with Gasteiger partial charge in [-0.1, -0.05) is 11.6 Å². The second kappa shape index (κ2) is 5.06. The molecule has 1 aromatic heterocycles. The van der Waals surface area contributed by atoms with Gasteiger partial charge in [-0.25, -0.2) is 0 Å². The van der Waals surface area contributed by atoms with Crippen molar-refractivity contribution in [3.05, 3.63) is 47.0 Å². The van der Waals surface area contributed by atoms with E-state index in [4.69, 9.17) is 23.1 Å². The fourth-order valence-electron chi connectivity index (χ4n) is 2.16. The van der Waals surface area contributed by atoms with Crippen LogP contribution in [0.25, 0.3) is 17.1 Å². The van der Waals surface area contributed by atoms with Crippen molar-refractivity contribution in [2.24, 2.45) is 0 Å². The summed E-state index contributed by atoms with van der Waals surface area (Å²) in [7, 11) is 0. The molecule has 6 nitrogen and oxygen atoms in total. The predicted octanol–water partition coefficient (Wildman–Crippen LogP) is 2.46. The van der Waals surface area contributed by atoms with Gasteiger partial charge in [-0.05, 0) is 59.3 Å². The summed E-state index contributed by atoms with van der Waals surface area (Å²) in [4.78, 5) is 0. The highest BCUT2D eigenvalue weighted by molar-refractivity contribution is 6.30.